The van der Waals surface area contributed by atoms with Crippen molar-refractivity contribution in [3.8, 4) is 0 Å². The molecule has 3 nitrogen and oxygen atoms in total. The van der Waals surface area contributed by atoms with Crippen molar-refractivity contribution in [1.29, 1.82) is 0 Å². The molecule has 0 radical (unpaired) electrons. The molecular weight excluding hydrogens is 274 g/mol. The molecule has 0 spiro atoms. The number of benzene rings is 2. The maximum Gasteiger partial charge on any atom is 0.254 e. The summed E-state index contributed by atoms with van der Waals surface area (Å²) in [5.41, 5.74) is 5.95. The Morgan fingerprint density at radius 1 is 1.14 bits per heavy atom. The number of halogens is 2. The Bertz CT molecular complexity index is 673. The molecule has 2 aromatic carbocycles. The zero-order valence-corrected chi connectivity index (χ0v) is 11.8. The lowest BCUT2D eigenvalue weighted by Gasteiger charge is -2.25. The van der Waals surface area contributed by atoms with Crippen LogP contribution in [0.15, 0.2) is 42.5 Å². The Morgan fingerprint density at radius 2 is 1.81 bits per heavy atom. The molecule has 0 heterocycles. The summed E-state index contributed by atoms with van der Waals surface area (Å²) >= 11 is 0. The largest absolute Gasteiger partial charge is 0.396 e. The van der Waals surface area contributed by atoms with E-state index in [-0.39, 0.29) is 17.1 Å². The number of anilines is 1. The van der Waals surface area contributed by atoms with Crippen LogP contribution in [0.4, 0.5) is 14.5 Å². The fraction of sp³-hybridized carbons (Fsp3) is 0.188. The van der Waals surface area contributed by atoms with Crippen molar-refractivity contribution in [3.05, 3.63) is 65.2 Å². The van der Waals surface area contributed by atoms with Crippen LogP contribution < -0.4 is 5.73 Å². The number of nitrogens with zero attached hydrogens (tertiary/aromatic N) is 1. The van der Waals surface area contributed by atoms with Gasteiger partial charge in [0.1, 0.15) is 11.6 Å². The highest BCUT2D eigenvalue weighted by molar-refractivity contribution is 5.94. The topological polar surface area (TPSA) is 46.3 Å². The van der Waals surface area contributed by atoms with E-state index < -0.39 is 17.8 Å². The van der Waals surface area contributed by atoms with Gasteiger partial charge in [0, 0.05) is 18.2 Å². The van der Waals surface area contributed by atoms with E-state index in [2.05, 4.69) is 0 Å². The number of rotatable bonds is 3. The van der Waals surface area contributed by atoms with E-state index in [4.69, 9.17) is 5.73 Å². The van der Waals surface area contributed by atoms with Gasteiger partial charge in [0.15, 0.2) is 0 Å². The molecular formula is C16H16F2N2O. The maximum atomic E-state index is 13.8. The third-order valence-electron chi connectivity index (χ3n) is 3.50. The molecule has 5 heteroatoms. The molecule has 21 heavy (non-hydrogen) atoms. The van der Waals surface area contributed by atoms with E-state index in [1.165, 1.54) is 23.1 Å². The van der Waals surface area contributed by atoms with Crippen molar-refractivity contribution < 1.29 is 13.6 Å². The average Bonchev–Trinajstić information content (AvgIpc) is 2.48. The summed E-state index contributed by atoms with van der Waals surface area (Å²) in [6.45, 7) is 1.71. The molecule has 0 saturated heterocycles. The van der Waals surface area contributed by atoms with Gasteiger partial charge < -0.3 is 10.6 Å². The molecule has 0 aliphatic carbocycles. The van der Waals surface area contributed by atoms with Gasteiger partial charge in [0.25, 0.3) is 5.91 Å². The highest BCUT2D eigenvalue weighted by Crippen LogP contribution is 2.23. The minimum atomic E-state index is -0.646. The second kappa shape index (κ2) is 5.91. The normalized spacial score (nSPS) is 12.0. The van der Waals surface area contributed by atoms with E-state index in [9.17, 15) is 13.6 Å². The molecule has 0 aromatic heterocycles. The monoisotopic (exact) mass is 290 g/mol. The number of hydrogen-bond acceptors (Lipinski definition) is 2. The zero-order chi connectivity index (χ0) is 15.6. The Morgan fingerprint density at radius 3 is 2.43 bits per heavy atom. The fourth-order valence-corrected chi connectivity index (χ4v) is 2.06. The van der Waals surface area contributed by atoms with Crippen molar-refractivity contribution in [1.82, 2.24) is 4.90 Å². The second-order valence-electron chi connectivity index (χ2n) is 4.85. The van der Waals surface area contributed by atoms with Crippen LogP contribution in [0.3, 0.4) is 0 Å². The number of hydrogen-bond donors (Lipinski definition) is 1. The first-order valence-electron chi connectivity index (χ1n) is 6.48. The summed E-state index contributed by atoms with van der Waals surface area (Å²) in [6, 6.07) is 9.65. The highest BCUT2D eigenvalue weighted by atomic mass is 19.1. The molecule has 1 unspecified atom stereocenters. The molecule has 1 amide bonds. The molecule has 0 saturated carbocycles. The van der Waals surface area contributed by atoms with Crippen LogP contribution >= 0.6 is 0 Å². The molecule has 0 fully saturated rings. The Balaban J connectivity index is 2.26. The summed E-state index contributed by atoms with van der Waals surface area (Å²) in [6.07, 6.45) is 0. The van der Waals surface area contributed by atoms with Crippen LogP contribution in [-0.2, 0) is 0 Å². The molecule has 2 rings (SSSR count). The summed E-state index contributed by atoms with van der Waals surface area (Å²) in [5, 5.41) is 0. The quantitative estimate of drug-likeness (QED) is 0.881. The highest BCUT2D eigenvalue weighted by Gasteiger charge is 2.21. The van der Waals surface area contributed by atoms with Gasteiger partial charge in [-0.1, -0.05) is 18.2 Å². The smallest absolute Gasteiger partial charge is 0.254 e. The maximum absolute atomic E-state index is 13.8. The van der Waals surface area contributed by atoms with Crippen LogP contribution in [0.2, 0.25) is 0 Å². The zero-order valence-electron chi connectivity index (χ0n) is 11.8. The molecule has 1 atom stereocenters. The van der Waals surface area contributed by atoms with Gasteiger partial charge in [-0.05, 0) is 31.2 Å². The molecule has 0 aliphatic heterocycles. The number of amides is 1. The lowest BCUT2D eigenvalue weighted by atomic mass is 10.1. The third kappa shape index (κ3) is 3.02. The Kier molecular flexibility index (Phi) is 4.21. The average molecular weight is 290 g/mol. The Hall–Kier alpha value is -2.43. The van der Waals surface area contributed by atoms with Crippen LogP contribution in [0.25, 0.3) is 0 Å². The minimum Gasteiger partial charge on any atom is -0.396 e. The fourth-order valence-electron chi connectivity index (χ4n) is 2.06. The summed E-state index contributed by atoms with van der Waals surface area (Å²) in [5.74, 6) is -1.43. The van der Waals surface area contributed by atoms with Crippen molar-refractivity contribution in [2.24, 2.45) is 0 Å². The molecule has 0 bridgehead atoms. The number of carbonyl (C=O) groups is 1. The number of nitrogen functional groups attached to an aromatic ring is 1. The van der Waals surface area contributed by atoms with Crippen molar-refractivity contribution in [2.75, 3.05) is 12.8 Å². The summed E-state index contributed by atoms with van der Waals surface area (Å²) in [7, 11) is 1.55. The lowest BCUT2D eigenvalue weighted by Crippen LogP contribution is -2.30. The first-order valence-corrected chi connectivity index (χ1v) is 6.48. The van der Waals surface area contributed by atoms with Crippen molar-refractivity contribution in [2.45, 2.75) is 13.0 Å². The molecule has 110 valence electrons. The predicted molar refractivity (Wildman–Crippen MR) is 77.7 cm³/mol. The molecule has 0 aliphatic rings. The Labute approximate surface area is 122 Å². The van der Waals surface area contributed by atoms with Crippen LogP contribution in [0, 0.1) is 11.6 Å². The van der Waals surface area contributed by atoms with Crippen molar-refractivity contribution in [3.63, 3.8) is 0 Å². The van der Waals surface area contributed by atoms with E-state index in [1.54, 1.807) is 32.2 Å². The van der Waals surface area contributed by atoms with Crippen LogP contribution in [-0.4, -0.2) is 17.9 Å². The van der Waals surface area contributed by atoms with Gasteiger partial charge >= 0.3 is 0 Å². The molecule has 2 N–H and O–H groups in total. The lowest BCUT2D eigenvalue weighted by molar-refractivity contribution is 0.0740. The van der Waals surface area contributed by atoms with Crippen molar-refractivity contribution >= 4 is 11.6 Å². The van der Waals surface area contributed by atoms with Crippen LogP contribution in [0.1, 0.15) is 28.9 Å². The van der Waals surface area contributed by atoms with Gasteiger partial charge in [-0.25, -0.2) is 8.78 Å². The first kappa shape index (κ1) is 15.0. The minimum absolute atomic E-state index is 0.0173. The third-order valence-corrected chi connectivity index (χ3v) is 3.50. The van der Waals surface area contributed by atoms with Crippen LogP contribution in [0.5, 0.6) is 0 Å². The predicted octanol–water partition coefficient (Wildman–Crippen LogP) is 3.38. The standard InChI is InChI=1S/C16H16F2N2O/c1-10(12-5-3-4-6-13(12)17)20(2)16(21)11-7-8-15(19)14(18)9-11/h3-10H,19H2,1-2H3. The van der Waals surface area contributed by atoms with E-state index in [0.717, 1.165) is 6.07 Å². The SMILES string of the molecule is CC(c1ccccc1F)N(C)C(=O)c1ccc(N)c(F)c1. The first-order chi connectivity index (χ1) is 9.91. The van der Waals surface area contributed by atoms with E-state index in [0.29, 0.717) is 5.56 Å². The molecule has 2 aromatic rings. The summed E-state index contributed by atoms with van der Waals surface area (Å²) in [4.78, 5) is 13.7. The van der Waals surface area contributed by atoms with Gasteiger partial charge in [-0.2, -0.15) is 0 Å². The second-order valence-corrected chi connectivity index (χ2v) is 4.85. The van der Waals surface area contributed by atoms with Gasteiger partial charge in [-0.15, -0.1) is 0 Å². The van der Waals surface area contributed by atoms with E-state index >= 15 is 0 Å². The van der Waals surface area contributed by atoms with E-state index in [1.807, 2.05) is 0 Å². The van der Waals surface area contributed by atoms with Gasteiger partial charge in [0.2, 0.25) is 0 Å². The van der Waals surface area contributed by atoms with Gasteiger partial charge in [0.05, 0.1) is 11.7 Å². The van der Waals surface area contributed by atoms with Gasteiger partial charge in [-0.3, -0.25) is 4.79 Å². The number of nitrogens with two attached hydrogens (primary N) is 1. The number of carbonyl (C=O) groups excluding carboxylic acids is 1. The summed E-state index contributed by atoms with van der Waals surface area (Å²) < 4.78 is 27.2.